The van der Waals surface area contributed by atoms with Crippen molar-refractivity contribution in [2.75, 3.05) is 26.2 Å². The summed E-state index contributed by atoms with van der Waals surface area (Å²) in [6.07, 6.45) is 3.91. The van der Waals surface area contributed by atoms with Crippen molar-refractivity contribution in [3.8, 4) is 0 Å². The number of carbonyl (C=O) groups excluding carboxylic acids is 2. The molecule has 1 aromatic carbocycles. The highest BCUT2D eigenvalue weighted by atomic mass is 19.1. The first-order valence-corrected chi connectivity index (χ1v) is 9.42. The molecule has 1 spiro atoms. The fourth-order valence-electron chi connectivity index (χ4n) is 4.46. The number of benzene rings is 1. The normalized spacial score (nSPS) is 27.2. The molecule has 0 bridgehead atoms. The van der Waals surface area contributed by atoms with Crippen LogP contribution in [0.2, 0.25) is 0 Å². The van der Waals surface area contributed by atoms with Gasteiger partial charge in [-0.15, -0.1) is 0 Å². The van der Waals surface area contributed by atoms with Crippen LogP contribution in [0.1, 0.15) is 37.7 Å². The van der Waals surface area contributed by atoms with Crippen LogP contribution in [-0.2, 0) is 16.1 Å². The molecule has 2 heterocycles. The Kier molecular flexibility index (Phi) is 4.26. The second-order valence-corrected chi connectivity index (χ2v) is 8.15. The minimum Gasteiger partial charge on any atom is -0.395 e. The van der Waals surface area contributed by atoms with E-state index in [9.17, 15) is 19.1 Å². The van der Waals surface area contributed by atoms with Gasteiger partial charge in [-0.05, 0) is 49.8 Å². The molecule has 2 aliphatic heterocycles. The SMILES string of the molecule is O=C(N1CC[C@]2(CCCN(Cc3ccc(F)cc3)C2=O)C1)C1(CO)CC1. The largest absolute Gasteiger partial charge is 0.395 e. The first kappa shape index (κ1) is 17.5. The first-order chi connectivity index (χ1) is 12.5. The molecule has 2 amide bonds. The summed E-state index contributed by atoms with van der Waals surface area (Å²) >= 11 is 0. The lowest BCUT2D eigenvalue weighted by Gasteiger charge is -2.39. The number of rotatable bonds is 4. The first-order valence-electron chi connectivity index (χ1n) is 9.42. The fourth-order valence-corrected chi connectivity index (χ4v) is 4.46. The third kappa shape index (κ3) is 2.90. The van der Waals surface area contributed by atoms with Gasteiger partial charge in [-0.1, -0.05) is 12.1 Å². The Morgan fingerprint density at radius 2 is 1.85 bits per heavy atom. The van der Waals surface area contributed by atoms with Gasteiger partial charge in [0, 0.05) is 26.2 Å². The van der Waals surface area contributed by atoms with Gasteiger partial charge < -0.3 is 14.9 Å². The molecule has 3 fully saturated rings. The van der Waals surface area contributed by atoms with Crippen LogP contribution in [0.4, 0.5) is 4.39 Å². The summed E-state index contributed by atoms with van der Waals surface area (Å²) < 4.78 is 13.1. The molecule has 140 valence electrons. The second-order valence-electron chi connectivity index (χ2n) is 8.15. The Bertz CT molecular complexity index is 716. The van der Waals surface area contributed by atoms with E-state index in [2.05, 4.69) is 0 Å². The van der Waals surface area contributed by atoms with Crippen molar-refractivity contribution in [3.05, 3.63) is 35.6 Å². The number of nitrogens with zero attached hydrogens (tertiary/aromatic N) is 2. The lowest BCUT2D eigenvalue weighted by molar-refractivity contribution is -0.147. The number of likely N-dealkylation sites (tertiary alicyclic amines) is 2. The van der Waals surface area contributed by atoms with Crippen molar-refractivity contribution in [1.29, 1.82) is 0 Å². The number of piperidine rings is 1. The number of halogens is 1. The minimum atomic E-state index is -0.572. The Balaban J connectivity index is 1.46. The van der Waals surface area contributed by atoms with Gasteiger partial charge in [-0.3, -0.25) is 9.59 Å². The lowest BCUT2D eigenvalue weighted by atomic mass is 9.78. The molecule has 0 radical (unpaired) electrons. The van der Waals surface area contributed by atoms with Crippen LogP contribution in [0.25, 0.3) is 0 Å². The maximum atomic E-state index is 13.2. The summed E-state index contributed by atoms with van der Waals surface area (Å²) in [7, 11) is 0. The Labute approximate surface area is 152 Å². The molecule has 3 aliphatic rings. The second kappa shape index (κ2) is 6.34. The van der Waals surface area contributed by atoms with Crippen LogP contribution in [0, 0.1) is 16.6 Å². The topological polar surface area (TPSA) is 60.9 Å². The third-order valence-corrected chi connectivity index (χ3v) is 6.36. The van der Waals surface area contributed by atoms with Crippen molar-refractivity contribution in [3.63, 3.8) is 0 Å². The van der Waals surface area contributed by atoms with Crippen molar-refractivity contribution >= 4 is 11.8 Å². The molecule has 1 aromatic rings. The summed E-state index contributed by atoms with van der Waals surface area (Å²) in [5.74, 6) is -0.157. The zero-order chi connectivity index (χ0) is 18.4. The highest BCUT2D eigenvalue weighted by Crippen LogP contribution is 2.49. The average Bonchev–Trinajstić information content (AvgIpc) is 3.34. The molecule has 1 atom stereocenters. The highest BCUT2D eigenvalue weighted by molar-refractivity contribution is 5.89. The summed E-state index contributed by atoms with van der Waals surface area (Å²) in [5, 5.41) is 9.52. The Morgan fingerprint density at radius 1 is 1.12 bits per heavy atom. The van der Waals surface area contributed by atoms with Crippen LogP contribution in [-0.4, -0.2) is 53.0 Å². The van der Waals surface area contributed by atoms with Crippen LogP contribution in [0.15, 0.2) is 24.3 Å². The van der Waals surface area contributed by atoms with E-state index in [1.807, 2.05) is 4.90 Å². The fraction of sp³-hybridized carbons (Fsp3) is 0.600. The van der Waals surface area contributed by atoms with E-state index in [1.54, 1.807) is 17.0 Å². The van der Waals surface area contributed by atoms with Crippen molar-refractivity contribution < 1.29 is 19.1 Å². The van der Waals surface area contributed by atoms with Crippen LogP contribution < -0.4 is 0 Å². The standard InChI is InChI=1S/C20H25FN2O3/c21-16-4-2-15(3-5-16)12-22-10-1-6-19(17(22)25)9-11-23(13-19)18(26)20(14-24)7-8-20/h2-5,24H,1,6-14H2/t19-/m1/s1. The number of hydrogen-bond acceptors (Lipinski definition) is 3. The quantitative estimate of drug-likeness (QED) is 0.893. The monoisotopic (exact) mass is 360 g/mol. The minimum absolute atomic E-state index is 0.0142. The van der Waals surface area contributed by atoms with Crippen LogP contribution in [0.3, 0.4) is 0 Å². The molecular weight excluding hydrogens is 335 g/mol. The molecule has 4 rings (SSSR count). The number of carbonyl (C=O) groups is 2. The van der Waals surface area contributed by atoms with Gasteiger partial charge in [0.2, 0.25) is 11.8 Å². The molecule has 1 saturated carbocycles. The summed E-state index contributed by atoms with van der Waals surface area (Å²) in [5.41, 5.74) is -0.142. The van der Waals surface area contributed by atoms with Gasteiger partial charge in [0.25, 0.3) is 0 Å². The van der Waals surface area contributed by atoms with Gasteiger partial charge >= 0.3 is 0 Å². The molecule has 1 aliphatic carbocycles. The van der Waals surface area contributed by atoms with E-state index in [4.69, 9.17) is 0 Å². The third-order valence-electron chi connectivity index (χ3n) is 6.36. The molecule has 26 heavy (non-hydrogen) atoms. The van der Waals surface area contributed by atoms with E-state index in [0.717, 1.165) is 31.2 Å². The number of aliphatic hydroxyl groups is 1. The average molecular weight is 360 g/mol. The van der Waals surface area contributed by atoms with E-state index in [0.29, 0.717) is 32.6 Å². The molecule has 0 aromatic heterocycles. The number of hydrogen-bond donors (Lipinski definition) is 1. The number of amides is 2. The predicted molar refractivity (Wildman–Crippen MR) is 93.4 cm³/mol. The van der Waals surface area contributed by atoms with Gasteiger partial charge in [-0.25, -0.2) is 4.39 Å². The smallest absolute Gasteiger partial charge is 0.231 e. The van der Waals surface area contributed by atoms with Crippen LogP contribution in [0.5, 0.6) is 0 Å². The maximum absolute atomic E-state index is 13.2. The van der Waals surface area contributed by atoms with Crippen molar-refractivity contribution in [2.24, 2.45) is 10.8 Å². The van der Waals surface area contributed by atoms with E-state index in [1.165, 1.54) is 12.1 Å². The number of aliphatic hydroxyl groups excluding tert-OH is 1. The summed E-state index contributed by atoms with van der Waals surface area (Å²) in [6.45, 7) is 2.14. The molecule has 0 unspecified atom stereocenters. The lowest BCUT2D eigenvalue weighted by Crippen LogP contribution is -2.50. The van der Waals surface area contributed by atoms with Gasteiger partial charge in [0.05, 0.1) is 17.4 Å². The molecular formula is C20H25FN2O3. The van der Waals surface area contributed by atoms with Crippen molar-refractivity contribution in [1.82, 2.24) is 9.80 Å². The maximum Gasteiger partial charge on any atom is 0.231 e. The Morgan fingerprint density at radius 3 is 2.50 bits per heavy atom. The zero-order valence-electron chi connectivity index (χ0n) is 14.9. The van der Waals surface area contributed by atoms with Crippen LogP contribution >= 0.6 is 0 Å². The van der Waals surface area contributed by atoms with E-state index < -0.39 is 10.8 Å². The van der Waals surface area contributed by atoms with Gasteiger partial charge in [0.1, 0.15) is 5.82 Å². The molecule has 1 N–H and O–H groups in total. The highest BCUT2D eigenvalue weighted by Gasteiger charge is 2.56. The van der Waals surface area contributed by atoms with E-state index >= 15 is 0 Å². The molecule has 2 saturated heterocycles. The predicted octanol–water partition coefficient (Wildman–Crippen LogP) is 1.94. The van der Waals surface area contributed by atoms with Crippen molar-refractivity contribution in [2.45, 2.75) is 38.6 Å². The van der Waals surface area contributed by atoms with E-state index in [-0.39, 0.29) is 24.2 Å². The molecule has 6 heteroatoms. The molecule has 5 nitrogen and oxygen atoms in total. The zero-order valence-corrected chi connectivity index (χ0v) is 14.9. The Hall–Kier alpha value is -1.95. The van der Waals surface area contributed by atoms with Gasteiger partial charge in [0.15, 0.2) is 0 Å². The van der Waals surface area contributed by atoms with Gasteiger partial charge in [-0.2, -0.15) is 0 Å². The summed E-state index contributed by atoms with van der Waals surface area (Å²) in [6, 6.07) is 6.26. The summed E-state index contributed by atoms with van der Waals surface area (Å²) in [4.78, 5) is 29.5.